The molecule has 1 aromatic rings. The van der Waals surface area contributed by atoms with Crippen molar-refractivity contribution in [2.45, 2.75) is 51.4 Å². The van der Waals surface area contributed by atoms with Gasteiger partial charge in [0.05, 0.1) is 6.10 Å². The quantitative estimate of drug-likeness (QED) is 0.717. The lowest BCUT2D eigenvalue weighted by Gasteiger charge is -2.13. The molecule has 0 amide bonds. The zero-order valence-corrected chi connectivity index (χ0v) is 13.9. The average molecular weight is 315 g/mol. The predicted octanol–water partition coefficient (Wildman–Crippen LogP) is 1.28. The van der Waals surface area contributed by atoms with Crippen molar-refractivity contribution in [2.75, 3.05) is 13.2 Å². The van der Waals surface area contributed by atoms with Crippen molar-refractivity contribution in [1.29, 1.82) is 0 Å². The van der Waals surface area contributed by atoms with Crippen molar-refractivity contribution < 1.29 is 13.2 Å². The van der Waals surface area contributed by atoms with Gasteiger partial charge in [-0.05, 0) is 25.5 Å². The summed E-state index contributed by atoms with van der Waals surface area (Å²) in [6.07, 6.45) is 1.41. The second-order valence-electron chi connectivity index (χ2n) is 5.16. The monoisotopic (exact) mass is 315 g/mol. The highest BCUT2D eigenvalue weighted by molar-refractivity contribution is 7.89. The van der Waals surface area contributed by atoms with E-state index < -0.39 is 10.0 Å². The third-order valence-electron chi connectivity index (χ3n) is 2.80. The number of hydrogen-bond donors (Lipinski definition) is 2. The molecule has 1 unspecified atom stereocenters. The van der Waals surface area contributed by atoms with Gasteiger partial charge >= 0.3 is 0 Å². The van der Waals surface area contributed by atoms with Crippen LogP contribution in [0.4, 0.5) is 0 Å². The van der Waals surface area contributed by atoms with Crippen LogP contribution in [0.25, 0.3) is 0 Å². The van der Waals surface area contributed by atoms with Crippen LogP contribution in [0, 0.1) is 0 Å². The van der Waals surface area contributed by atoms with E-state index in [1.165, 1.54) is 6.07 Å². The van der Waals surface area contributed by atoms with Crippen LogP contribution in [-0.2, 0) is 21.3 Å². The van der Waals surface area contributed by atoms with Crippen LogP contribution in [0.2, 0.25) is 0 Å². The van der Waals surface area contributed by atoms with Crippen LogP contribution in [-0.4, -0.2) is 38.7 Å². The molecule has 0 radical (unpaired) electrons. The number of nitrogens with one attached hydrogen (secondary N) is 2. The number of aromatic nitrogens is 1. The zero-order valence-electron chi connectivity index (χ0n) is 13.1. The van der Waals surface area contributed by atoms with Gasteiger partial charge in [0.15, 0.2) is 5.03 Å². The molecular weight excluding hydrogens is 290 g/mol. The number of ether oxygens (including phenoxy) is 1. The summed E-state index contributed by atoms with van der Waals surface area (Å²) in [4.78, 5) is 4.02. The largest absolute Gasteiger partial charge is 0.377 e. The highest BCUT2D eigenvalue weighted by atomic mass is 32.2. The Balaban J connectivity index is 2.62. The molecule has 120 valence electrons. The minimum absolute atomic E-state index is 0.0273. The lowest BCUT2D eigenvalue weighted by Crippen LogP contribution is -2.32. The molecule has 2 N–H and O–H groups in total. The van der Waals surface area contributed by atoms with Crippen molar-refractivity contribution in [3.63, 3.8) is 0 Å². The van der Waals surface area contributed by atoms with Crippen molar-refractivity contribution in [2.24, 2.45) is 0 Å². The summed E-state index contributed by atoms with van der Waals surface area (Å²) in [7, 11) is -3.58. The first-order valence-electron chi connectivity index (χ1n) is 7.14. The predicted molar refractivity (Wildman–Crippen MR) is 82.5 cm³/mol. The van der Waals surface area contributed by atoms with Crippen LogP contribution in [0.3, 0.4) is 0 Å². The number of pyridine rings is 1. The highest BCUT2D eigenvalue weighted by Gasteiger charge is 2.16. The van der Waals surface area contributed by atoms with Crippen molar-refractivity contribution in [3.8, 4) is 0 Å². The van der Waals surface area contributed by atoms with Crippen LogP contribution in [0.15, 0.2) is 23.4 Å². The van der Waals surface area contributed by atoms with E-state index in [2.05, 4.69) is 28.9 Å². The van der Waals surface area contributed by atoms with Crippen LogP contribution >= 0.6 is 0 Å². The molecule has 0 saturated carbocycles. The molecule has 0 fully saturated rings. The van der Waals surface area contributed by atoms with E-state index >= 15 is 0 Å². The molecular formula is C14H25N3O3S. The normalized spacial score (nSPS) is 13.6. The standard InChI is InChI=1S/C14H25N3O3S/c1-5-20-12(4)8-17-21(18,19)14-7-6-13(10-16-14)9-15-11(2)3/h6-7,10-12,15,17H,5,8-9H2,1-4H3. The van der Waals surface area contributed by atoms with Gasteiger partial charge in [-0.1, -0.05) is 19.9 Å². The van der Waals surface area contributed by atoms with E-state index in [4.69, 9.17) is 4.74 Å². The molecule has 0 aliphatic rings. The zero-order chi connectivity index (χ0) is 15.9. The summed E-state index contributed by atoms with van der Waals surface area (Å²) >= 11 is 0. The SMILES string of the molecule is CCOC(C)CNS(=O)(=O)c1ccc(CNC(C)C)cn1. The lowest BCUT2D eigenvalue weighted by atomic mass is 10.2. The molecule has 0 aromatic carbocycles. The fraction of sp³-hybridized carbons (Fsp3) is 0.643. The topological polar surface area (TPSA) is 80.3 Å². The van der Waals surface area contributed by atoms with Gasteiger partial charge in [-0.2, -0.15) is 0 Å². The van der Waals surface area contributed by atoms with E-state index in [1.54, 1.807) is 12.3 Å². The van der Waals surface area contributed by atoms with Gasteiger partial charge in [0.2, 0.25) is 0 Å². The second kappa shape index (κ2) is 8.43. The van der Waals surface area contributed by atoms with Gasteiger partial charge in [-0.25, -0.2) is 18.1 Å². The number of rotatable bonds is 9. The van der Waals surface area contributed by atoms with Crippen molar-refractivity contribution in [3.05, 3.63) is 23.9 Å². The summed E-state index contributed by atoms with van der Waals surface area (Å²) in [6, 6.07) is 3.66. The molecule has 1 atom stereocenters. The van der Waals surface area contributed by atoms with E-state index in [1.807, 2.05) is 13.8 Å². The molecule has 6 nitrogen and oxygen atoms in total. The van der Waals surface area contributed by atoms with Gasteiger partial charge in [0.1, 0.15) is 0 Å². The summed E-state index contributed by atoms with van der Waals surface area (Å²) in [5.41, 5.74) is 0.949. The Morgan fingerprint density at radius 1 is 1.29 bits per heavy atom. The maximum Gasteiger partial charge on any atom is 0.258 e. The van der Waals surface area contributed by atoms with Crippen LogP contribution in [0.5, 0.6) is 0 Å². The van der Waals surface area contributed by atoms with Gasteiger partial charge in [0, 0.05) is 31.9 Å². The Labute approximate surface area is 127 Å². The molecule has 0 bridgehead atoms. The minimum Gasteiger partial charge on any atom is -0.377 e. The van der Waals surface area contributed by atoms with Crippen LogP contribution in [0.1, 0.15) is 33.3 Å². The lowest BCUT2D eigenvalue weighted by molar-refractivity contribution is 0.0799. The Bertz CT molecular complexity index is 515. The molecule has 1 rings (SSSR count). The smallest absolute Gasteiger partial charge is 0.258 e. The van der Waals surface area contributed by atoms with E-state index in [-0.39, 0.29) is 17.7 Å². The fourth-order valence-corrected chi connectivity index (χ4v) is 2.68. The molecule has 0 saturated heterocycles. The average Bonchev–Trinajstić information content (AvgIpc) is 2.44. The fourth-order valence-electron chi connectivity index (χ4n) is 1.64. The molecule has 0 aliphatic carbocycles. The maximum atomic E-state index is 12.1. The van der Waals surface area contributed by atoms with Gasteiger partial charge in [0.25, 0.3) is 10.0 Å². The third-order valence-corrected chi connectivity index (χ3v) is 4.14. The molecule has 21 heavy (non-hydrogen) atoms. The Kier molecular flexibility index (Phi) is 7.24. The summed E-state index contributed by atoms with van der Waals surface area (Å²) in [5, 5.41) is 3.28. The molecule has 1 heterocycles. The first-order valence-corrected chi connectivity index (χ1v) is 8.63. The number of nitrogens with zero attached hydrogens (tertiary/aromatic N) is 1. The maximum absolute atomic E-state index is 12.1. The van der Waals surface area contributed by atoms with Crippen molar-refractivity contribution >= 4 is 10.0 Å². The molecule has 7 heteroatoms. The summed E-state index contributed by atoms with van der Waals surface area (Å²) in [6.45, 7) is 9.25. The number of hydrogen-bond acceptors (Lipinski definition) is 5. The number of sulfonamides is 1. The molecule has 0 aliphatic heterocycles. The van der Waals surface area contributed by atoms with E-state index in [0.717, 1.165) is 5.56 Å². The van der Waals surface area contributed by atoms with E-state index in [9.17, 15) is 8.42 Å². The third kappa shape index (κ3) is 6.52. The Morgan fingerprint density at radius 3 is 2.52 bits per heavy atom. The second-order valence-corrected chi connectivity index (χ2v) is 6.87. The first kappa shape index (κ1) is 18.0. The van der Waals surface area contributed by atoms with E-state index in [0.29, 0.717) is 19.2 Å². The minimum atomic E-state index is -3.58. The first-order chi connectivity index (χ1) is 9.85. The summed E-state index contributed by atoms with van der Waals surface area (Å²) in [5.74, 6) is 0. The van der Waals surface area contributed by atoms with Gasteiger partial charge < -0.3 is 10.1 Å². The molecule has 0 spiro atoms. The molecule has 1 aromatic heterocycles. The highest BCUT2D eigenvalue weighted by Crippen LogP contribution is 2.07. The van der Waals surface area contributed by atoms with Crippen molar-refractivity contribution in [1.82, 2.24) is 15.0 Å². The van der Waals surface area contributed by atoms with Gasteiger partial charge in [-0.3, -0.25) is 0 Å². The Hall–Kier alpha value is -1.02. The van der Waals surface area contributed by atoms with Gasteiger partial charge in [-0.15, -0.1) is 0 Å². The summed E-state index contributed by atoms with van der Waals surface area (Å²) < 4.78 is 31.9. The Morgan fingerprint density at radius 2 is 2.00 bits per heavy atom. The van der Waals surface area contributed by atoms with Crippen LogP contribution < -0.4 is 10.0 Å².